The normalized spacial score (nSPS) is 11.5. The molecular weight excluding hydrogens is 773 g/mol. The Hall–Kier alpha value is -7.99. The van der Waals surface area contributed by atoms with Gasteiger partial charge in [0.05, 0.1) is 16.7 Å². The second-order valence-corrected chi connectivity index (χ2v) is 16.6. The smallest absolute Gasteiger partial charge is 0.165 e. The van der Waals surface area contributed by atoms with Crippen molar-refractivity contribution in [2.75, 3.05) is 0 Å². The minimum atomic E-state index is 0.635. The number of hydrogen-bond donors (Lipinski definition) is 0. The van der Waals surface area contributed by atoms with Crippen LogP contribution in [0.25, 0.3) is 115 Å². The fraction of sp³-hybridized carbons (Fsp3) is 0. The Bertz CT molecular complexity index is 3450. The summed E-state index contributed by atoms with van der Waals surface area (Å²) in [7, 11) is 0. The molecule has 3 aromatic heterocycles. The van der Waals surface area contributed by atoms with Gasteiger partial charge < -0.3 is 4.57 Å². The van der Waals surface area contributed by atoms with Crippen LogP contribution >= 0.6 is 11.3 Å². The molecule has 0 aliphatic rings. The van der Waals surface area contributed by atoms with Gasteiger partial charge in [-0.25, -0.2) is 15.0 Å². The number of rotatable bonds is 7. The molecule has 0 saturated heterocycles. The minimum Gasteiger partial charge on any atom is -0.309 e. The van der Waals surface area contributed by atoms with E-state index in [4.69, 9.17) is 15.0 Å². The van der Waals surface area contributed by atoms with Gasteiger partial charge in [-0.05, 0) is 58.1 Å². The fourth-order valence-electron chi connectivity index (χ4n) is 8.97. The number of benzene rings is 9. The lowest BCUT2D eigenvalue weighted by Crippen LogP contribution is -2.00. The van der Waals surface area contributed by atoms with Crippen LogP contribution in [-0.4, -0.2) is 19.5 Å². The van der Waals surface area contributed by atoms with E-state index in [0.717, 1.165) is 38.2 Å². The third-order valence-electron chi connectivity index (χ3n) is 11.9. The van der Waals surface area contributed by atoms with Crippen LogP contribution in [0.2, 0.25) is 0 Å². The van der Waals surface area contributed by atoms with Crippen LogP contribution < -0.4 is 0 Å². The van der Waals surface area contributed by atoms with Crippen molar-refractivity contribution in [3.8, 4) is 73.2 Å². The number of aromatic nitrogens is 4. The summed E-state index contributed by atoms with van der Waals surface area (Å²) in [6, 6.07) is 77.4. The Morgan fingerprint density at radius 3 is 1.35 bits per heavy atom. The van der Waals surface area contributed by atoms with Crippen LogP contribution in [0, 0.1) is 0 Å². The summed E-state index contributed by atoms with van der Waals surface area (Å²) in [5.74, 6) is 1.92. The molecule has 12 rings (SSSR count). The van der Waals surface area contributed by atoms with Crippen molar-refractivity contribution in [1.29, 1.82) is 0 Å². The van der Waals surface area contributed by atoms with Gasteiger partial charge in [-0.2, -0.15) is 0 Å². The van der Waals surface area contributed by atoms with Gasteiger partial charge in [-0.1, -0.05) is 188 Å². The quantitative estimate of drug-likeness (QED) is 0.161. The predicted octanol–water partition coefficient (Wildman–Crippen LogP) is 15.3. The van der Waals surface area contributed by atoms with Crippen LogP contribution in [0.3, 0.4) is 0 Å². The molecule has 0 unspecified atom stereocenters. The van der Waals surface area contributed by atoms with Crippen molar-refractivity contribution in [1.82, 2.24) is 19.5 Å². The van der Waals surface area contributed by atoms with Crippen molar-refractivity contribution in [3.05, 3.63) is 218 Å². The highest BCUT2D eigenvalue weighted by Crippen LogP contribution is 2.45. The fourth-order valence-corrected chi connectivity index (χ4v) is 10.2. The van der Waals surface area contributed by atoms with Crippen molar-refractivity contribution in [2.45, 2.75) is 0 Å². The SMILES string of the molecule is c1ccc(-c2ccc(-c3nc(-c4ccc(-c5ccccc5)cc4)nc(-c4cccc5c4sc4cccc(-c6ccccc6-n6c7ccccc7c7ccccc76)c45)n3)cc2)cc1. The molecule has 12 aromatic rings. The van der Waals surface area contributed by atoms with E-state index in [2.05, 4.69) is 211 Å². The third-order valence-corrected chi connectivity index (χ3v) is 13.1. The first kappa shape index (κ1) is 35.9. The number of nitrogens with zero attached hydrogens (tertiary/aromatic N) is 4. The Kier molecular flexibility index (Phi) is 8.65. The molecule has 0 fully saturated rings. The van der Waals surface area contributed by atoms with Gasteiger partial charge in [0.25, 0.3) is 0 Å². The number of hydrogen-bond acceptors (Lipinski definition) is 4. The zero-order chi connectivity index (χ0) is 41.0. The average molecular weight is 809 g/mol. The topological polar surface area (TPSA) is 43.6 Å². The van der Waals surface area contributed by atoms with Crippen molar-refractivity contribution in [3.63, 3.8) is 0 Å². The molecule has 0 aliphatic carbocycles. The Labute approximate surface area is 362 Å². The molecule has 0 atom stereocenters. The van der Waals surface area contributed by atoms with Gasteiger partial charge in [0, 0.05) is 53.2 Å². The average Bonchev–Trinajstić information content (AvgIpc) is 3.91. The Morgan fingerprint density at radius 2 is 0.742 bits per heavy atom. The van der Waals surface area contributed by atoms with E-state index < -0.39 is 0 Å². The molecule has 0 N–H and O–H groups in total. The van der Waals surface area contributed by atoms with Crippen molar-refractivity contribution >= 4 is 53.3 Å². The first-order valence-corrected chi connectivity index (χ1v) is 21.7. The van der Waals surface area contributed by atoms with Crippen molar-refractivity contribution < 1.29 is 0 Å². The van der Waals surface area contributed by atoms with Gasteiger partial charge in [0.2, 0.25) is 0 Å². The van der Waals surface area contributed by atoms with Crippen LogP contribution in [-0.2, 0) is 0 Å². The molecule has 0 saturated carbocycles. The molecule has 0 aliphatic heterocycles. The molecular formula is C57H36N4S. The summed E-state index contributed by atoms with van der Waals surface area (Å²) in [6.07, 6.45) is 0. The molecule has 0 bridgehead atoms. The largest absolute Gasteiger partial charge is 0.309 e. The summed E-state index contributed by atoms with van der Waals surface area (Å²) in [5.41, 5.74) is 13.4. The summed E-state index contributed by atoms with van der Waals surface area (Å²) in [6.45, 7) is 0. The molecule has 0 radical (unpaired) electrons. The first-order valence-electron chi connectivity index (χ1n) is 20.9. The zero-order valence-electron chi connectivity index (χ0n) is 33.5. The van der Waals surface area contributed by atoms with E-state index >= 15 is 0 Å². The lowest BCUT2D eigenvalue weighted by molar-refractivity contribution is 1.08. The van der Waals surface area contributed by atoms with E-state index in [1.807, 2.05) is 12.1 Å². The van der Waals surface area contributed by atoms with E-state index in [0.29, 0.717) is 17.5 Å². The summed E-state index contributed by atoms with van der Waals surface area (Å²) >= 11 is 1.80. The maximum Gasteiger partial charge on any atom is 0.165 e. The standard InChI is InChI=1S/C57H36N4S/c1-3-15-37(16-4-1)39-29-33-41(34-30-39)55-58-56(42-35-31-40(32-36-42)38-17-5-2-6-18-38)60-57(59-55)48-24-13-23-47-53-46(22-14-28-52(53)62-54(47)48)45-21-9-12-27-51(45)61-49-25-10-7-19-43(49)44-20-8-11-26-50(44)61/h1-36H. The molecule has 3 heterocycles. The molecule has 5 heteroatoms. The van der Waals surface area contributed by atoms with Gasteiger partial charge in [0.1, 0.15) is 0 Å². The van der Waals surface area contributed by atoms with Gasteiger partial charge in [-0.15, -0.1) is 11.3 Å². The molecule has 0 amide bonds. The van der Waals surface area contributed by atoms with Crippen LogP contribution in [0.1, 0.15) is 0 Å². The summed E-state index contributed by atoms with van der Waals surface area (Å²) < 4.78 is 4.78. The highest BCUT2D eigenvalue weighted by atomic mass is 32.1. The number of fused-ring (bicyclic) bond motifs is 6. The van der Waals surface area contributed by atoms with Gasteiger partial charge in [0.15, 0.2) is 17.5 Å². The number of thiophene rings is 1. The Balaban J connectivity index is 1.03. The Morgan fingerprint density at radius 1 is 0.306 bits per heavy atom. The maximum atomic E-state index is 5.25. The molecule has 4 nitrogen and oxygen atoms in total. The first-order chi connectivity index (χ1) is 30.7. The van der Waals surface area contributed by atoms with Crippen molar-refractivity contribution in [2.24, 2.45) is 0 Å². The number of para-hydroxylation sites is 3. The van der Waals surface area contributed by atoms with E-state index in [-0.39, 0.29) is 0 Å². The van der Waals surface area contributed by atoms with Crippen LogP contribution in [0.15, 0.2) is 218 Å². The highest BCUT2D eigenvalue weighted by Gasteiger charge is 2.21. The third kappa shape index (κ3) is 6.09. The molecule has 0 spiro atoms. The molecule has 290 valence electrons. The van der Waals surface area contributed by atoms with Crippen LogP contribution in [0.5, 0.6) is 0 Å². The van der Waals surface area contributed by atoms with Gasteiger partial charge in [-0.3, -0.25) is 0 Å². The lowest BCUT2D eigenvalue weighted by Gasteiger charge is -2.15. The van der Waals surface area contributed by atoms with E-state index in [1.54, 1.807) is 11.3 Å². The summed E-state index contributed by atoms with van der Waals surface area (Å²) in [5, 5.41) is 4.90. The van der Waals surface area contributed by atoms with E-state index in [1.165, 1.54) is 59.5 Å². The minimum absolute atomic E-state index is 0.635. The molecule has 62 heavy (non-hydrogen) atoms. The highest BCUT2D eigenvalue weighted by molar-refractivity contribution is 7.26. The summed E-state index contributed by atoms with van der Waals surface area (Å²) in [4.78, 5) is 15.6. The second kappa shape index (κ2) is 14.9. The monoisotopic (exact) mass is 808 g/mol. The zero-order valence-corrected chi connectivity index (χ0v) is 34.3. The second-order valence-electron chi connectivity index (χ2n) is 15.5. The predicted molar refractivity (Wildman–Crippen MR) is 260 cm³/mol. The van der Waals surface area contributed by atoms with E-state index in [9.17, 15) is 0 Å². The van der Waals surface area contributed by atoms with Gasteiger partial charge >= 0.3 is 0 Å². The van der Waals surface area contributed by atoms with Crippen LogP contribution in [0.4, 0.5) is 0 Å². The maximum absolute atomic E-state index is 5.25. The lowest BCUT2D eigenvalue weighted by atomic mass is 9.97. The molecule has 9 aromatic carbocycles.